The number of rotatable bonds is 7. The molecule has 5 nitrogen and oxygen atoms in total. The third kappa shape index (κ3) is 4.39. The van der Waals surface area contributed by atoms with Crippen molar-refractivity contribution in [1.29, 1.82) is 0 Å². The molecule has 27 heavy (non-hydrogen) atoms. The predicted molar refractivity (Wildman–Crippen MR) is 111 cm³/mol. The standard InChI is InChI=1S/C21H24N4OS/c1-4-16-10-8-11-17(5-2)20(16)23-19(26)13-27-21-24-22-14-25(21)18-12-7-6-9-15(18)3/h6-12,14H,4-5,13H2,1-3H3,(H,23,26). The van der Waals surface area contributed by atoms with Crippen molar-refractivity contribution in [1.82, 2.24) is 14.8 Å². The van der Waals surface area contributed by atoms with Gasteiger partial charge in [0.2, 0.25) is 5.91 Å². The Labute approximate surface area is 164 Å². The number of carbonyl (C=O) groups excluding carboxylic acids is 1. The first-order valence-electron chi connectivity index (χ1n) is 9.13. The molecule has 1 amide bonds. The van der Waals surface area contributed by atoms with Crippen molar-refractivity contribution in [3.8, 4) is 5.69 Å². The first-order valence-corrected chi connectivity index (χ1v) is 10.1. The summed E-state index contributed by atoms with van der Waals surface area (Å²) in [6.07, 6.45) is 3.46. The highest BCUT2D eigenvalue weighted by Crippen LogP contribution is 2.25. The summed E-state index contributed by atoms with van der Waals surface area (Å²) in [7, 11) is 0. The van der Waals surface area contributed by atoms with Gasteiger partial charge in [-0.05, 0) is 42.5 Å². The molecule has 0 fully saturated rings. The number of para-hydroxylation sites is 2. The number of hydrogen-bond acceptors (Lipinski definition) is 4. The summed E-state index contributed by atoms with van der Waals surface area (Å²) >= 11 is 1.39. The number of nitrogens with one attached hydrogen (secondary N) is 1. The second-order valence-electron chi connectivity index (χ2n) is 6.27. The molecule has 0 saturated heterocycles. The number of amides is 1. The predicted octanol–water partition coefficient (Wildman–Crippen LogP) is 4.43. The molecular weight excluding hydrogens is 356 g/mol. The fourth-order valence-corrected chi connectivity index (χ4v) is 3.75. The highest BCUT2D eigenvalue weighted by Gasteiger charge is 2.14. The van der Waals surface area contributed by atoms with Crippen molar-refractivity contribution in [2.45, 2.75) is 38.8 Å². The van der Waals surface area contributed by atoms with Crippen molar-refractivity contribution in [3.05, 3.63) is 65.5 Å². The minimum absolute atomic E-state index is 0.0325. The number of hydrogen-bond donors (Lipinski definition) is 1. The third-order valence-corrected chi connectivity index (χ3v) is 5.43. The fourth-order valence-electron chi connectivity index (χ4n) is 3.03. The summed E-state index contributed by atoms with van der Waals surface area (Å²) in [5, 5.41) is 12.0. The summed E-state index contributed by atoms with van der Waals surface area (Å²) in [4.78, 5) is 12.6. The number of thioether (sulfide) groups is 1. The number of carbonyl (C=O) groups is 1. The van der Waals surface area contributed by atoms with Crippen LogP contribution in [0.25, 0.3) is 5.69 Å². The largest absolute Gasteiger partial charge is 0.325 e. The van der Waals surface area contributed by atoms with E-state index in [1.54, 1.807) is 6.33 Å². The molecule has 1 heterocycles. The molecule has 0 aliphatic carbocycles. The monoisotopic (exact) mass is 380 g/mol. The number of nitrogens with zero attached hydrogens (tertiary/aromatic N) is 3. The van der Waals surface area contributed by atoms with Crippen LogP contribution in [0.4, 0.5) is 5.69 Å². The quantitative estimate of drug-likeness (QED) is 0.616. The van der Waals surface area contributed by atoms with Gasteiger partial charge in [-0.2, -0.15) is 0 Å². The van der Waals surface area contributed by atoms with Crippen LogP contribution in [-0.4, -0.2) is 26.4 Å². The lowest BCUT2D eigenvalue weighted by Crippen LogP contribution is -2.17. The lowest BCUT2D eigenvalue weighted by molar-refractivity contribution is -0.113. The van der Waals surface area contributed by atoms with E-state index in [-0.39, 0.29) is 11.7 Å². The van der Waals surface area contributed by atoms with Gasteiger partial charge in [0.25, 0.3) is 0 Å². The molecule has 0 aliphatic rings. The molecule has 0 atom stereocenters. The first kappa shape index (κ1) is 19.2. The van der Waals surface area contributed by atoms with Crippen LogP contribution >= 0.6 is 11.8 Å². The molecule has 3 rings (SSSR count). The van der Waals surface area contributed by atoms with Crippen LogP contribution in [0, 0.1) is 6.92 Å². The van der Waals surface area contributed by atoms with Crippen LogP contribution in [0.15, 0.2) is 53.9 Å². The Hall–Kier alpha value is -2.60. The minimum atomic E-state index is -0.0325. The summed E-state index contributed by atoms with van der Waals surface area (Å²) < 4.78 is 1.92. The van der Waals surface area contributed by atoms with Gasteiger partial charge in [-0.1, -0.05) is 62.0 Å². The van der Waals surface area contributed by atoms with Crippen molar-refractivity contribution in [2.24, 2.45) is 0 Å². The second kappa shape index (κ2) is 8.86. The Morgan fingerprint density at radius 1 is 1.07 bits per heavy atom. The highest BCUT2D eigenvalue weighted by molar-refractivity contribution is 7.99. The summed E-state index contributed by atoms with van der Waals surface area (Å²) in [5.74, 6) is 0.251. The smallest absolute Gasteiger partial charge is 0.234 e. The zero-order valence-electron chi connectivity index (χ0n) is 15.9. The van der Waals surface area contributed by atoms with Gasteiger partial charge in [-0.25, -0.2) is 0 Å². The average Bonchev–Trinajstić information content (AvgIpc) is 3.15. The number of benzene rings is 2. The second-order valence-corrected chi connectivity index (χ2v) is 7.21. The number of anilines is 1. The number of aromatic nitrogens is 3. The van der Waals surface area contributed by atoms with Gasteiger partial charge in [0.15, 0.2) is 5.16 Å². The molecule has 0 aliphatic heterocycles. The van der Waals surface area contributed by atoms with Crippen molar-refractivity contribution < 1.29 is 4.79 Å². The van der Waals surface area contributed by atoms with Gasteiger partial charge in [0.05, 0.1) is 11.4 Å². The van der Waals surface area contributed by atoms with Gasteiger partial charge < -0.3 is 5.32 Å². The van der Waals surface area contributed by atoms with E-state index >= 15 is 0 Å². The molecule has 0 saturated carbocycles. The van der Waals surface area contributed by atoms with E-state index in [9.17, 15) is 4.79 Å². The van der Waals surface area contributed by atoms with E-state index in [2.05, 4.69) is 41.5 Å². The molecule has 2 aromatic carbocycles. The van der Waals surface area contributed by atoms with E-state index in [1.807, 2.05) is 41.8 Å². The normalized spacial score (nSPS) is 10.8. The Bertz CT molecular complexity index is 913. The van der Waals surface area contributed by atoms with Crippen LogP contribution in [0.5, 0.6) is 0 Å². The van der Waals surface area contributed by atoms with Gasteiger partial charge in [-0.15, -0.1) is 10.2 Å². The summed E-state index contributed by atoms with van der Waals surface area (Å²) in [5.41, 5.74) is 5.43. The van der Waals surface area contributed by atoms with E-state index < -0.39 is 0 Å². The minimum Gasteiger partial charge on any atom is -0.325 e. The van der Waals surface area contributed by atoms with Crippen molar-refractivity contribution in [2.75, 3.05) is 11.1 Å². The zero-order valence-corrected chi connectivity index (χ0v) is 16.7. The van der Waals surface area contributed by atoms with Crippen molar-refractivity contribution >= 4 is 23.4 Å². The van der Waals surface area contributed by atoms with E-state index in [4.69, 9.17) is 0 Å². The van der Waals surface area contributed by atoms with E-state index in [0.29, 0.717) is 5.16 Å². The SMILES string of the molecule is CCc1cccc(CC)c1NC(=O)CSc1nncn1-c1ccccc1C. The molecule has 0 unspecified atom stereocenters. The zero-order chi connectivity index (χ0) is 19.2. The Morgan fingerprint density at radius 3 is 2.44 bits per heavy atom. The molecule has 1 aromatic heterocycles. The average molecular weight is 381 g/mol. The summed E-state index contributed by atoms with van der Waals surface area (Å²) in [6, 6.07) is 14.2. The Morgan fingerprint density at radius 2 is 1.78 bits per heavy atom. The van der Waals surface area contributed by atoms with Crippen molar-refractivity contribution in [3.63, 3.8) is 0 Å². The van der Waals surface area contributed by atoms with E-state index in [1.165, 1.54) is 11.8 Å². The maximum Gasteiger partial charge on any atom is 0.234 e. The molecular formula is C21H24N4OS. The van der Waals surface area contributed by atoms with Crippen LogP contribution in [0.2, 0.25) is 0 Å². The van der Waals surface area contributed by atoms with Gasteiger partial charge in [0, 0.05) is 5.69 Å². The highest BCUT2D eigenvalue weighted by atomic mass is 32.2. The molecule has 3 aromatic rings. The topological polar surface area (TPSA) is 59.8 Å². The van der Waals surface area contributed by atoms with Crippen LogP contribution in [0.3, 0.4) is 0 Å². The first-order chi connectivity index (χ1) is 13.1. The molecule has 1 N–H and O–H groups in total. The molecule has 0 bridgehead atoms. The van der Waals surface area contributed by atoms with E-state index in [0.717, 1.165) is 40.9 Å². The van der Waals surface area contributed by atoms with Gasteiger partial charge in [0.1, 0.15) is 6.33 Å². The van der Waals surface area contributed by atoms with Crippen LogP contribution < -0.4 is 5.32 Å². The molecule has 0 spiro atoms. The fraction of sp³-hybridized carbons (Fsp3) is 0.286. The molecule has 0 radical (unpaired) electrons. The van der Waals surface area contributed by atoms with Crippen LogP contribution in [0.1, 0.15) is 30.5 Å². The lowest BCUT2D eigenvalue weighted by atomic mass is 10.0. The van der Waals surface area contributed by atoms with Gasteiger partial charge >= 0.3 is 0 Å². The third-order valence-electron chi connectivity index (χ3n) is 4.49. The Kier molecular flexibility index (Phi) is 6.29. The Balaban J connectivity index is 1.72. The van der Waals surface area contributed by atoms with Gasteiger partial charge in [-0.3, -0.25) is 9.36 Å². The maximum absolute atomic E-state index is 12.6. The summed E-state index contributed by atoms with van der Waals surface area (Å²) in [6.45, 7) is 6.25. The lowest BCUT2D eigenvalue weighted by Gasteiger charge is -2.14. The maximum atomic E-state index is 12.6. The molecule has 140 valence electrons. The molecule has 6 heteroatoms. The van der Waals surface area contributed by atoms with Crippen LogP contribution in [-0.2, 0) is 17.6 Å². The number of aryl methyl sites for hydroxylation is 3.